The molecule has 1 aromatic rings. The molecule has 0 amide bonds. The van der Waals surface area contributed by atoms with Crippen LogP contribution in [0.25, 0.3) is 0 Å². The zero-order valence-electron chi connectivity index (χ0n) is 7.83. The van der Waals surface area contributed by atoms with E-state index in [2.05, 4.69) is 0 Å². The van der Waals surface area contributed by atoms with Crippen LogP contribution in [0.4, 0.5) is 0 Å². The average Bonchev–Trinajstić information content (AvgIpc) is 2.18. The summed E-state index contributed by atoms with van der Waals surface area (Å²) in [6.45, 7) is 1.73. The Balaban J connectivity index is 2.91. The Morgan fingerprint density at radius 1 is 1.57 bits per heavy atom. The molecule has 1 unspecified atom stereocenters. The van der Waals surface area contributed by atoms with E-state index in [1.807, 2.05) is 6.07 Å². The summed E-state index contributed by atoms with van der Waals surface area (Å²) in [5, 5.41) is 8.91. The Morgan fingerprint density at radius 3 is 2.79 bits per heavy atom. The fourth-order valence-electron chi connectivity index (χ4n) is 1.16. The molecule has 0 aliphatic rings. The number of hydrogen-bond acceptors (Lipinski definition) is 2. The number of carbonyl (C=O) groups is 1. The smallest absolute Gasteiger partial charge is 0.168 e. The van der Waals surface area contributed by atoms with Crippen LogP contribution in [-0.2, 0) is 0 Å². The van der Waals surface area contributed by atoms with E-state index < -0.39 is 0 Å². The van der Waals surface area contributed by atoms with E-state index in [-0.39, 0.29) is 18.1 Å². The summed E-state index contributed by atoms with van der Waals surface area (Å²) >= 11 is 5.86. The second-order valence-electron chi connectivity index (χ2n) is 3.11. The van der Waals surface area contributed by atoms with Crippen LogP contribution < -0.4 is 0 Å². The first-order valence-electron chi connectivity index (χ1n) is 4.32. The van der Waals surface area contributed by atoms with Crippen LogP contribution in [0.15, 0.2) is 24.3 Å². The van der Waals surface area contributed by atoms with Crippen molar-refractivity contribution >= 4 is 17.4 Å². The van der Waals surface area contributed by atoms with Crippen molar-refractivity contribution in [2.45, 2.75) is 13.3 Å². The van der Waals surface area contributed by atoms with Gasteiger partial charge < -0.3 is 0 Å². The molecule has 14 heavy (non-hydrogen) atoms. The van der Waals surface area contributed by atoms with Crippen LogP contribution in [0.5, 0.6) is 0 Å². The molecule has 1 atom stereocenters. The van der Waals surface area contributed by atoms with Crippen molar-refractivity contribution in [3.8, 4) is 6.07 Å². The molecule has 0 aliphatic heterocycles. The minimum Gasteiger partial charge on any atom is -0.294 e. The number of nitrogens with zero attached hydrogens (tertiary/aromatic N) is 1. The fourth-order valence-corrected chi connectivity index (χ4v) is 1.38. The van der Waals surface area contributed by atoms with E-state index in [9.17, 15) is 4.79 Å². The normalized spacial score (nSPS) is 11.8. The van der Waals surface area contributed by atoms with Crippen molar-refractivity contribution < 1.29 is 4.79 Å². The lowest BCUT2D eigenvalue weighted by Gasteiger charge is -2.07. The molecule has 0 heterocycles. The summed E-state index contributed by atoms with van der Waals surface area (Å²) in [7, 11) is 0. The van der Waals surface area contributed by atoms with Crippen LogP contribution in [0, 0.1) is 17.2 Å². The van der Waals surface area contributed by atoms with E-state index in [0.29, 0.717) is 10.6 Å². The lowest BCUT2D eigenvalue weighted by molar-refractivity contribution is 0.0932. The monoisotopic (exact) mass is 207 g/mol. The van der Waals surface area contributed by atoms with Crippen LogP contribution in [0.1, 0.15) is 23.7 Å². The van der Waals surface area contributed by atoms with Crippen molar-refractivity contribution in [2.75, 3.05) is 0 Å². The molecule has 0 radical (unpaired) electrons. The molecule has 1 rings (SSSR count). The Labute approximate surface area is 88.1 Å². The Bertz CT molecular complexity index is 381. The van der Waals surface area contributed by atoms with Gasteiger partial charge in [0.05, 0.1) is 11.1 Å². The van der Waals surface area contributed by atoms with Gasteiger partial charge in [0.1, 0.15) is 0 Å². The summed E-state index contributed by atoms with van der Waals surface area (Å²) in [6.07, 6.45) is 0.226. The van der Waals surface area contributed by atoms with Gasteiger partial charge in [0.25, 0.3) is 0 Å². The van der Waals surface area contributed by atoms with Crippen LogP contribution in [-0.4, -0.2) is 5.78 Å². The van der Waals surface area contributed by atoms with Gasteiger partial charge >= 0.3 is 0 Å². The highest BCUT2D eigenvalue weighted by atomic mass is 35.5. The average molecular weight is 208 g/mol. The summed E-state index contributed by atoms with van der Waals surface area (Å²) < 4.78 is 0. The van der Waals surface area contributed by atoms with Gasteiger partial charge in [-0.2, -0.15) is 5.26 Å². The summed E-state index contributed by atoms with van der Waals surface area (Å²) in [5.41, 5.74) is 0.497. The topological polar surface area (TPSA) is 40.9 Å². The summed E-state index contributed by atoms with van der Waals surface area (Å²) in [5.74, 6) is -0.364. The number of ketones is 1. The van der Waals surface area contributed by atoms with Gasteiger partial charge in [-0.25, -0.2) is 0 Å². The van der Waals surface area contributed by atoms with Gasteiger partial charge in [0.2, 0.25) is 0 Å². The number of nitriles is 1. The summed E-state index contributed by atoms with van der Waals surface area (Å²) in [4.78, 5) is 11.7. The highest BCUT2D eigenvalue weighted by Gasteiger charge is 2.16. The maximum Gasteiger partial charge on any atom is 0.168 e. The van der Waals surface area contributed by atoms with E-state index >= 15 is 0 Å². The van der Waals surface area contributed by atoms with Crippen molar-refractivity contribution in [1.82, 2.24) is 0 Å². The van der Waals surface area contributed by atoms with Gasteiger partial charge in [0.15, 0.2) is 5.78 Å². The molecule has 0 aromatic heterocycles. The van der Waals surface area contributed by atoms with E-state index in [1.54, 1.807) is 31.2 Å². The van der Waals surface area contributed by atoms with Crippen LogP contribution in [0.3, 0.4) is 0 Å². The molecule has 0 saturated heterocycles. The largest absolute Gasteiger partial charge is 0.294 e. The van der Waals surface area contributed by atoms with Gasteiger partial charge in [-0.15, -0.1) is 0 Å². The number of rotatable bonds is 3. The number of carbonyl (C=O) groups excluding carboxylic acids is 1. The molecule has 1 aromatic carbocycles. The molecule has 0 bridgehead atoms. The lowest BCUT2D eigenvalue weighted by atomic mass is 9.97. The van der Waals surface area contributed by atoms with Crippen molar-refractivity contribution in [3.05, 3.63) is 34.9 Å². The maximum atomic E-state index is 11.7. The number of Topliss-reactive ketones (excluding diaryl/α,β-unsaturated/α-hetero) is 1. The van der Waals surface area contributed by atoms with Gasteiger partial charge in [0, 0.05) is 17.9 Å². The van der Waals surface area contributed by atoms with E-state index in [0.717, 1.165) is 0 Å². The van der Waals surface area contributed by atoms with Gasteiger partial charge in [-0.1, -0.05) is 30.7 Å². The molecule has 3 heteroatoms. The third-order valence-corrected chi connectivity index (χ3v) is 2.31. The third kappa shape index (κ3) is 2.34. The SMILES string of the molecule is CC(CC#N)C(=O)c1ccccc1Cl. The number of benzene rings is 1. The molecular weight excluding hydrogens is 198 g/mol. The first-order chi connectivity index (χ1) is 6.66. The predicted octanol–water partition coefficient (Wildman–Crippen LogP) is 3.07. The van der Waals surface area contributed by atoms with E-state index in [1.165, 1.54) is 0 Å². The number of hydrogen-bond donors (Lipinski definition) is 0. The zero-order chi connectivity index (χ0) is 10.6. The predicted molar refractivity (Wildman–Crippen MR) is 55.2 cm³/mol. The summed E-state index contributed by atoms with van der Waals surface area (Å²) in [6, 6.07) is 8.86. The van der Waals surface area contributed by atoms with Crippen LogP contribution >= 0.6 is 11.6 Å². The standard InChI is InChI=1S/C11H10ClNO/c1-8(6-7-13)11(14)9-4-2-3-5-10(9)12/h2-5,8H,6H2,1H3. The molecule has 2 nitrogen and oxygen atoms in total. The molecule has 0 aliphatic carbocycles. The zero-order valence-corrected chi connectivity index (χ0v) is 8.58. The molecule has 0 N–H and O–H groups in total. The second kappa shape index (κ2) is 4.78. The Hall–Kier alpha value is -1.33. The minimum absolute atomic E-state index is 0.0721. The first kappa shape index (κ1) is 10.7. The minimum atomic E-state index is -0.292. The molecule has 0 saturated carbocycles. The molecular formula is C11H10ClNO. The molecule has 0 fully saturated rings. The van der Waals surface area contributed by atoms with Crippen molar-refractivity contribution in [1.29, 1.82) is 5.26 Å². The maximum absolute atomic E-state index is 11.7. The van der Waals surface area contributed by atoms with Crippen molar-refractivity contribution in [3.63, 3.8) is 0 Å². The van der Waals surface area contributed by atoms with Crippen molar-refractivity contribution in [2.24, 2.45) is 5.92 Å². The first-order valence-corrected chi connectivity index (χ1v) is 4.70. The number of halogens is 1. The lowest BCUT2D eigenvalue weighted by Crippen LogP contribution is -2.10. The van der Waals surface area contributed by atoms with E-state index in [4.69, 9.17) is 16.9 Å². The Morgan fingerprint density at radius 2 is 2.21 bits per heavy atom. The highest BCUT2D eigenvalue weighted by Crippen LogP contribution is 2.19. The van der Waals surface area contributed by atoms with Crippen LogP contribution in [0.2, 0.25) is 5.02 Å². The third-order valence-electron chi connectivity index (χ3n) is 1.98. The Kier molecular flexibility index (Phi) is 3.67. The fraction of sp³-hybridized carbons (Fsp3) is 0.273. The molecule has 72 valence electrons. The highest BCUT2D eigenvalue weighted by molar-refractivity contribution is 6.34. The molecule has 0 spiro atoms. The van der Waals surface area contributed by atoms with Gasteiger partial charge in [-0.3, -0.25) is 4.79 Å². The second-order valence-corrected chi connectivity index (χ2v) is 3.51. The quantitative estimate of drug-likeness (QED) is 0.715. The van der Waals surface area contributed by atoms with Gasteiger partial charge in [-0.05, 0) is 12.1 Å².